The Morgan fingerprint density at radius 1 is 1.31 bits per heavy atom. The Morgan fingerprint density at radius 3 is 1.92 bits per heavy atom. The van der Waals surface area contributed by atoms with E-state index >= 15 is 0 Å². The van der Waals surface area contributed by atoms with Gasteiger partial charge in [-0.05, 0) is 23.8 Å². The van der Waals surface area contributed by atoms with Crippen LogP contribution in [-0.4, -0.2) is 9.78 Å². The van der Waals surface area contributed by atoms with Crippen molar-refractivity contribution in [3.05, 3.63) is 11.3 Å². The van der Waals surface area contributed by atoms with Crippen LogP contribution in [0.4, 0.5) is 0 Å². The minimum absolute atomic E-state index is 0. The summed E-state index contributed by atoms with van der Waals surface area (Å²) in [6.07, 6.45) is 0. The molecule has 4 heteroatoms. The van der Waals surface area contributed by atoms with Gasteiger partial charge in [-0.25, -0.2) is 0 Å². The molecule has 0 spiro atoms. The standard InChI is InChI=1S/C9H16N2O.Na/c1-6-7(9(2,3)4)8(12)11(5)10-6;/h12H,1-5H3;/q;+1/p-1. The van der Waals surface area contributed by atoms with Crippen LogP contribution < -0.4 is 34.7 Å². The second-order valence-corrected chi connectivity index (χ2v) is 4.14. The van der Waals surface area contributed by atoms with Gasteiger partial charge in [0.1, 0.15) is 0 Å². The van der Waals surface area contributed by atoms with Crippen LogP contribution >= 0.6 is 0 Å². The molecule has 0 saturated heterocycles. The van der Waals surface area contributed by atoms with E-state index < -0.39 is 0 Å². The fourth-order valence-corrected chi connectivity index (χ4v) is 1.50. The zero-order valence-electron chi connectivity index (χ0n) is 9.30. The molecule has 1 aromatic rings. The Kier molecular flexibility index (Phi) is 4.03. The smallest absolute Gasteiger partial charge is 0.859 e. The number of aryl methyl sites for hydroxylation is 2. The second-order valence-electron chi connectivity index (χ2n) is 4.14. The zero-order chi connectivity index (χ0) is 9.52. The summed E-state index contributed by atoms with van der Waals surface area (Å²) in [6.45, 7) is 7.96. The Labute approximate surface area is 101 Å². The molecule has 0 radical (unpaired) electrons. The van der Waals surface area contributed by atoms with Crippen molar-refractivity contribution in [2.75, 3.05) is 0 Å². The molecular weight excluding hydrogens is 175 g/mol. The number of nitrogens with zero attached hydrogens (tertiary/aromatic N) is 2. The molecule has 1 aromatic heterocycles. The van der Waals surface area contributed by atoms with E-state index in [2.05, 4.69) is 5.10 Å². The first-order valence-electron chi connectivity index (χ1n) is 4.05. The molecule has 0 aliphatic heterocycles. The van der Waals surface area contributed by atoms with Gasteiger partial charge in [-0.15, -0.1) is 0 Å². The second kappa shape index (κ2) is 4.03. The van der Waals surface area contributed by atoms with Crippen LogP contribution in [0.15, 0.2) is 0 Å². The van der Waals surface area contributed by atoms with Crippen molar-refractivity contribution < 1.29 is 34.7 Å². The monoisotopic (exact) mass is 190 g/mol. The van der Waals surface area contributed by atoms with E-state index in [0.717, 1.165) is 11.3 Å². The van der Waals surface area contributed by atoms with Gasteiger partial charge < -0.3 is 5.11 Å². The predicted octanol–water partition coefficient (Wildman–Crippen LogP) is -1.90. The average molecular weight is 190 g/mol. The van der Waals surface area contributed by atoms with Crippen LogP contribution in [0.2, 0.25) is 0 Å². The molecule has 13 heavy (non-hydrogen) atoms. The van der Waals surface area contributed by atoms with Crippen LogP contribution in [0.3, 0.4) is 0 Å². The molecule has 0 aliphatic rings. The van der Waals surface area contributed by atoms with Crippen LogP contribution in [0.25, 0.3) is 0 Å². The fraction of sp³-hybridized carbons (Fsp3) is 0.667. The van der Waals surface area contributed by atoms with Crippen molar-refractivity contribution in [1.29, 1.82) is 0 Å². The van der Waals surface area contributed by atoms with Crippen molar-refractivity contribution in [3.63, 3.8) is 0 Å². The Bertz CT molecular complexity index is 299. The summed E-state index contributed by atoms with van der Waals surface area (Å²) in [5.74, 6) is 0.0278. The van der Waals surface area contributed by atoms with Gasteiger partial charge in [0.2, 0.25) is 0 Å². The number of hydrogen-bond donors (Lipinski definition) is 0. The summed E-state index contributed by atoms with van der Waals surface area (Å²) in [5.41, 5.74) is 1.56. The van der Waals surface area contributed by atoms with Gasteiger partial charge in [0, 0.05) is 7.05 Å². The summed E-state index contributed by atoms with van der Waals surface area (Å²) < 4.78 is 1.40. The molecule has 0 amide bonds. The van der Waals surface area contributed by atoms with Gasteiger partial charge in [-0.3, -0.25) is 4.68 Å². The third-order valence-electron chi connectivity index (χ3n) is 1.92. The van der Waals surface area contributed by atoms with Crippen LogP contribution in [0.1, 0.15) is 32.0 Å². The average Bonchev–Trinajstić information content (AvgIpc) is 2.05. The Hall–Kier alpha value is 0.01000. The van der Waals surface area contributed by atoms with Crippen LogP contribution in [-0.2, 0) is 12.5 Å². The maximum atomic E-state index is 11.5. The van der Waals surface area contributed by atoms with E-state index in [-0.39, 0.29) is 40.9 Å². The maximum absolute atomic E-state index is 11.5. The van der Waals surface area contributed by atoms with Crippen molar-refractivity contribution in [2.45, 2.75) is 33.1 Å². The molecule has 1 rings (SSSR count). The molecule has 68 valence electrons. The molecule has 0 aromatic carbocycles. The maximum Gasteiger partial charge on any atom is 1.00 e. The first-order valence-corrected chi connectivity index (χ1v) is 4.05. The van der Waals surface area contributed by atoms with Crippen molar-refractivity contribution >= 4 is 0 Å². The van der Waals surface area contributed by atoms with Crippen molar-refractivity contribution in [1.82, 2.24) is 9.78 Å². The molecule has 0 atom stereocenters. The van der Waals surface area contributed by atoms with Crippen molar-refractivity contribution in [3.8, 4) is 5.88 Å². The third-order valence-corrected chi connectivity index (χ3v) is 1.92. The quantitative estimate of drug-likeness (QED) is 0.449. The van der Waals surface area contributed by atoms with Gasteiger partial charge in [0.05, 0.1) is 5.69 Å². The predicted molar refractivity (Wildman–Crippen MR) is 46.1 cm³/mol. The summed E-state index contributed by atoms with van der Waals surface area (Å²) >= 11 is 0. The van der Waals surface area contributed by atoms with Crippen molar-refractivity contribution in [2.24, 2.45) is 7.05 Å². The molecule has 0 saturated carbocycles. The minimum atomic E-state index is -0.102. The molecule has 0 fully saturated rings. The summed E-state index contributed by atoms with van der Waals surface area (Å²) in [6, 6.07) is 0. The van der Waals surface area contributed by atoms with Crippen LogP contribution in [0, 0.1) is 6.92 Å². The number of aromatic nitrogens is 2. The number of rotatable bonds is 0. The Balaban J connectivity index is 0.00000144. The first-order chi connectivity index (χ1) is 5.34. The van der Waals surface area contributed by atoms with E-state index in [4.69, 9.17) is 0 Å². The minimum Gasteiger partial charge on any atom is -0.859 e. The van der Waals surface area contributed by atoms with Gasteiger partial charge in [-0.1, -0.05) is 20.8 Å². The Morgan fingerprint density at radius 2 is 1.77 bits per heavy atom. The van der Waals surface area contributed by atoms with E-state index in [1.807, 2.05) is 27.7 Å². The van der Waals surface area contributed by atoms with E-state index in [9.17, 15) is 5.11 Å². The third kappa shape index (κ3) is 2.48. The molecule has 0 bridgehead atoms. The molecule has 0 aliphatic carbocycles. The largest absolute Gasteiger partial charge is 1.00 e. The summed E-state index contributed by atoms with van der Waals surface area (Å²) in [4.78, 5) is 0. The summed E-state index contributed by atoms with van der Waals surface area (Å²) in [5, 5.41) is 15.6. The zero-order valence-corrected chi connectivity index (χ0v) is 11.3. The molecule has 3 nitrogen and oxygen atoms in total. The normalized spacial score (nSPS) is 11.2. The topological polar surface area (TPSA) is 40.9 Å². The van der Waals surface area contributed by atoms with Gasteiger partial charge in [0.15, 0.2) is 0 Å². The summed E-state index contributed by atoms with van der Waals surface area (Å²) in [7, 11) is 1.69. The molecule has 0 unspecified atom stereocenters. The van der Waals surface area contributed by atoms with Gasteiger partial charge in [0.25, 0.3) is 0 Å². The number of hydrogen-bond acceptors (Lipinski definition) is 2. The molecule has 1 heterocycles. The molecular formula is C9H15N2NaO. The van der Waals surface area contributed by atoms with Gasteiger partial charge in [-0.2, -0.15) is 5.10 Å². The SMILES string of the molecule is Cc1nn(C)c([O-])c1C(C)(C)C.[Na+]. The van der Waals surface area contributed by atoms with Crippen LogP contribution in [0.5, 0.6) is 5.88 Å². The van der Waals surface area contributed by atoms with Gasteiger partial charge >= 0.3 is 29.6 Å². The first kappa shape index (κ1) is 13.0. The fourth-order valence-electron chi connectivity index (χ4n) is 1.50. The van der Waals surface area contributed by atoms with E-state index in [0.29, 0.717) is 0 Å². The van der Waals surface area contributed by atoms with E-state index in [1.54, 1.807) is 7.05 Å². The molecule has 0 N–H and O–H groups in total. The van der Waals surface area contributed by atoms with E-state index in [1.165, 1.54) is 4.68 Å².